The van der Waals surface area contributed by atoms with Crippen LogP contribution < -0.4 is 10.0 Å². The molecule has 3 heterocycles. The van der Waals surface area contributed by atoms with Crippen molar-refractivity contribution in [3.8, 4) is 0 Å². The number of nitrogens with one attached hydrogen (secondary N) is 2. The summed E-state index contributed by atoms with van der Waals surface area (Å²) in [5.41, 5.74) is 1.49. The van der Waals surface area contributed by atoms with Crippen LogP contribution in [0.15, 0.2) is 52.1 Å². The Hall–Kier alpha value is -3.02. The van der Waals surface area contributed by atoms with E-state index in [4.69, 9.17) is 4.74 Å². The largest absolute Gasteiger partial charge is 0.462 e. The first-order chi connectivity index (χ1) is 15.4. The molecule has 0 amide bonds. The third kappa shape index (κ3) is 4.59. The average molecular weight is 489 g/mol. The van der Waals surface area contributed by atoms with Gasteiger partial charge in [-0.15, -0.1) is 22.7 Å². The summed E-state index contributed by atoms with van der Waals surface area (Å²) in [6.07, 6.45) is 0.736. The first-order valence-corrected chi connectivity index (χ1v) is 13.0. The van der Waals surface area contributed by atoms with Crippen LogP contribution >= 0.6 is 22.7 Å². The van der Waals surface area contributed by atoms with E-state index in [0.29, 0.717) is 21.6 Å². The topological polar surface area (TPSA) is 110 Å². The molecule has 0 unspecified atom stereocenters. The van der Waals surface area contributed by atoms with Crippen molar-refractivity contribution in [3.05, 3.63) is 58.3 Å². The lowest BCUT2D eigenvalue weighted by molar-refractivity contribution is 0.0528. The minimum absolute atomic E-state index is 0.0401. The van der Waals surface area contributed by atoms with Gasteiger partial charge in [-0.25, -0.2) is 23.2 Å². The predicted octanol–water partition coefficient (Wildman–Crippen LogP) is 5.04. The average Bonchev–Trinajstić information content (AvgIpc) is 3.45. The highest BCUT2D eigenvalue weighted by Crippen LogP contribution is 2.34. The molecule has 4 aromatic rings. The van der Waals surface area contributed by atoms with Gasteiger partial charge in [0.25, 0.3) is 10.0 Å². The number of esters is 1. The van der Waals surface area contributed by atoms with Gasteiger partial charge in [-0.1, -0.05) is 25.1 Å². The van der Waals surface area contributed by atoms with Crippen LogP contribution in [0.2, 0.25) is 0 Å². The fourth-order valence-electron chi connectivity index (χ4n) is 2.93. The van der Waals surface area contributed by atoms with Crippen molar-refractivity contribution in [3.63, 3.8) is 0 Å². The molecule has 2 N–H and O–H groups in total. The summed E-state index contributed by atoms with van der Waals surface area (Å²) in [5.74, 6) is -0.224. The van der Waals surface area contributed by atoms with Crippen molar-refractivity contribution < 1.29 is 17.9 Å². The van der Waals surface area contributed by atoms with Crippen molar-refractivity contribution in [2.45, 2.75) is 24.5 Å². The van der Waals surface area contributed by atoms with E-state index >= 15 is 0 Å². The second-order valence-electron chi connectivity index (χ2n) is 6.60. The second kappa shape index (κ2) is 9.23. The summed E-state index contributed by atoms with van der Waals surface area (Å²) in [5, 5.41) is 5.31. The summed E-state index contributed by atoms with van der Waals surface area (Å²) >= 11 is 2.49. The zero-order chi connectivity index (χ0) is 22.7. The molecule has 1 aromatic carbocycles. The number of rotatable bonds is 8. The summed E-state index contributed by atoms with van der Waals surface area (Å²) in [7, 11) is -3.85. The number of benzene rings is 1. The van der Waals surface area contributed by atoms with Crippen LogP contribution in [0.3, 0.4) is 0 Å². The number of fused-ring (bicyclic) bond motifs is 1. The lowest BCUT2D eigenvalue weighted by Gasteiger charge is -2.13. The Morgan fingerprint density at radius 2 is 1.78 bits per heavy atom. The van der Waals surface area contributed by atoms with E-state index < -0.39 is 16.0 Å². The fourth-order valence-corrected chi connectivity index (χ4v) is 5.91. The first kappa shape index (κ1) is 22.2. The smallest absolute Gasteiger partial charge is 0.341 e. The molecule has 3 aromatic heterocycles. The number of hydrogen-bond acceptors (Lipinski definition) is 9. The monoisotopic (exact) mass is 488 g/mol. The molecule has 0 atom stereocenters. The summed E-state index contributed by atoms with van der Waals surface area (Å²) in [6, 6.07) is 12.1. The second-order valence-corrected chi connectivity index (χ2v) is 10.6. The Bertz CT molecular complexity index is 1370. The van der Waals surface area contributed by atoms with Crippen molar-refractivity contribution in [2.75, 3.05) is 16.6 Å². The van der Waals surface area contributed by atoms with Gasteiger partial charge in [-0.2, -0.15) is 0 Å². The van der Waals surface area contributed by atoms with Crippen LogP contribution in [0.25, 0.3) is 11.0 Å². The Morgan fingerprint density at radius 3 is 2.41 bits per heavy atom. The van der Waals surface area contributed by atoms with Gasteiger partial charge in [-0.3, -0.25) is 4.72 Å². The molecule has 11 heteroatoms. The third-order valence-corrected chi connectivity index (χ3v) is 8.35. The van der Waals surface area contributed by atoms with Crippen LogP contribution in [-0.2, 0) is 21.2 Å². The Kier molecular flexibility index (Phi) is 6.40. The standard InChI is InChI=1S/C21H20N4O4S3/c1-3-13-12-14(21(26)29-4-2)20(31-13)24-18-19(23-16-9-6-5-8-15(16)22-18)25-32(27,28)17-10-7-11-30-17/h5-12H,3-4H2,1-2H3,(H,22,24)(H,23,25). The maximum atomic E-state index is 12.8. The number of sulfonamides is 1. The van der Waals surface area contributed by atoms with Gasteiger partial charge in [0.2, 0.25) is 0 Å². The minimum Gasteiger partial charge on any atom is -0.462 e. The number of carbonyl (C=O) groups excluding carboxylic acids is 1. The molecule has 0 aliphatic heterocycles. The summed E-state index contributed by atoms with van der Waals surface area (Å²) in [4.78, 5) is 22.5. The number of para-hydroxylation sites is 2. The Balaban J connectivity index is 1.79. The number of hydrogen-bond donors (Lipinski definition) is 2. The molecule has 0 aliphatic rings. The summed E-state index contributed by atoms with van der Waals surface area (Å²) in [6.45, 7) is 3.97. The zero-order valence-electron chi connectivity index (χ0n) is 17.3. The highest BCUT2D eigenvalue weighted by molar-refractivity contribution is 7.94. The Labute approximate surface area is 193 Å². The molecule has 4 rings (SSSR count). The van der Waals surface area contributed by atoms with E-state index in [1.54, 1.807) is 42.6 Å². The van der Waals surface area contributed by atoms with Crippen molar-refractivity contribution in [1.29, 1.82) is 0 Å². The normalized spacial score (nSPS) is 11.4. The molecule has 0 radical (unpaired) electrons. The molecule has 0 bridgehead atoms. The molecule has 0 aliphatic carbocycles. The van der Waals surface area contributed by atoms with Gasteiger partial charge >= 0.3 is 5.97 Å². The van der Waals surface area contributed by atoms with E-state index in [1.165, 1.54) is 17.4 Å². The number of ether oxygens (including phenoxy) is 1. The molecular weight excluding hydrogens is 468 g/mol. The molecule has 32 heavy (non-hydrogen) atoms. The van der Waals surface area contributed by atoms with Crippen LogP contribution in [-0.4, -0.2) is 31.0 Å². The lowest BCUT2D eigenvalue weighted by atomic mass is 10.2. The lowest BCUT2D eigenvalue weighted by Crippen LogP contribution is -2.15. The van der Waals surface area contributed by atoms with Gasteiger partial charge in [-0.05, 0) is 43.0 Å². The van der Waals surface area contributed by atoms with Crippen molar-refractivity contribution in [1.82, 2.24) is 9.97 Å². The minimum atomic E-state index is -3.85. The molecule has 0 saturated carbocycles. The molecular formula is C21H20N4O4S3. The number of aromatic nitrogens is 2. The van der Waals surface area contributed by atoms with E-state index in [1.807, 2.05) is 13.0 Å². The Morgan fingerprint density at radius 1 is 1.06 bits per heavy atom. The van der Waals surface area contributed by atoms with Crippen LogP contribution in [0.1, 0.15) is 29.1 Å². The molecule has 8 nitrogen and oxygen atoms in total. The predicted molar refractivity (Wildman–Crippen MR) is 128 cm³/mol. The third-order valence-electron chi connectivity index (χ3n) is 4.42. The molecule has 0 spiro atoms. The van der Waals surface area contributed by atoms with Gasteiger partial charge in [0, 0.05) is 4.88 Å². The molecule has 166 valence electrons. The van der Waals surface area contributed by atoms with E-state index in [9.17, 15) is 13.2 Å². The maximum Gasteiger partial charge on any atom is 0.341 e. The van der Waals surface area contributed by atoms with E-state index in [0.717, 1.165) is 22.6 Å². The summed E-state index contributed by atoms with van der Waals surface area (Å²) < 4.78 is 33.6. The van der Waals surface area contributed by atoms with Crippen LogP contribution in [0.4, 0.5) is 16.6 Å². The number of anilines is 3. The van der Waals surface area contributed by atoms with Crippen molar-refractivity contribution in [2.24, 2.45) is 0 Å². The number of aryl methyl sites for hydroxylation is 1. The molecule has 0 fully saturated rings. The zero-order valence-corrected chi connectivity index (χ0v) is 19.7. The molecule has 0 saturated heterocycles. The highest BCUT2D eigenvalue weighted by atomic mass is 32.2. The number of carbonyl (C=O) groups is 1. The first-order valence-electron chi connectivity index (χ1n) is 9.81. The van der Waals surface area contributed by atoms with Gasteiger partial charge in [0.15, 0.2) is 11.6 Å². The van der Waals surface area contributed by atoms with Crippen LogP contribution in [0.5, 0.6) is 0 Å². The van der Waals surface area contributed by atoms with E-state index in [2.05, 4.69) is 20.0 Å². The van der Waals surface area contributed by atoms with Gasteiger partial charge in [0.05, 0.1) is 23.2 Å². The van der Waals surface area contributed by atoms with Crippen molar-refractivity contribution >= 4 is 66.3 Å². The SMILES string of the molecule is CCOC(=O)c1cc(CC)sc1Nc1nc2ccccc2nc1NS(=O)(=O)c1cccs1. The maximum absolute atomic E-state index is 12.8. The number of thiophene rings is 2. The van der Waals surface area contributed by atoms with Crippen LogP contribution in [0, 0.1) is 0 Å². The fraction of sp³-hybridized carbons (Fsp3) is 0.190. The van der Waals surface area contributed by atoms with Gasteiger partial charge in [0.1, 0.15) is 9.21 Å². The van der Waals surface area contributed by atoms with E-state index in [-0.39, 0.29) is 22.5 Å². The number of nitrogens with zero attached hydrogens (tertiary/aromatic N) is 2. The van der Waals surface area contributed by atoms with Gasteiger partial charge < -0.3 is 10.1 Å². The highest BCUT2D eigenvalue weighted by Gasteiger charge is 2.22. The quantitative estimate of drug-likeness (QED) is 0.334.